The summed E-state index contributed by atoms with van der Waals surface area (Å²) in [5.41, 5.74) is 3.34. The molecule has 0 saturated heterocycles. The van der Waals surface area contributed by atoms with Gasteiger partial charge in [0, 0.05) is 19.6 Å². The molecule has 7 heteroatoms. The Morgan fingerprint density at radius 3 is 2.56 bits per heavy atom. The van der Waals surface area contributed by atoms with Crippen molar-refractivity contribution in [2.24, 2.45) is 0 Å². The zero-order valence-corrected chi connectivity index (χ0v) is 16.4. The molecule has 1 aliphatic heterocycles. The Hall–Kier alpha value is -2.38. The highest BCUT2D eigenvalue weighted by Gasteiger charge is 2.27. The smallest absolute Gasteiger partial charge is 0.318 e. The van der Waals surface area contributed by atoms with Gasteiger partial charge in [-0.15, -0.1) is 0 Å². The van der Waals surface area contributed by atoms with Crippen molar-refractivity contribution in [1.29, 1.82) is 0 Å². The molecule has 2 N–H and O–H groups in total. The summed E-state index contributed by atoms with van der Waals surface area (Å²) in [4.78, 5) is 14.7. The van der Waals surface area contributed by atoms with E-state index in [2.05, 4.69) is 22.2 Å². The Morgan fingerprint density at radius 1 is 1.15 bits per heavy atom. The van der Waals surface area contributed by atoms with Crippen LogP contribution in [0.3, 0.4) is 0 Å². The summed E-state index contributed by atoms with van der Waals surface area (Å²) >= 11 is 0. The second-order valence-corrected chi connectivity index (χ2v) is 8.39. The van der Waals surface area contributed by atoms with Crippen molar-refractivity contribution in [1.82, 2.24) is 14.9 Å². The minimum absolute atomic E-state index is 0.0302. The van der Waals surface area contributed by atoms with Crippen molar-refractivity contribution in [3.63, 3.8) is 0 Å². The molecule has 2 amide bonds. The largest absolute Gasteiger partial charge is 0.334 e. The Balaban J connectivity index is 1.61. The third-order valence-electron chi connectivity index (χ3n) is 4.87. The highest BCUT2D eigenvalue weighted by molar-refractivity contribution is 7.89. The van der Waals surface area contributed by atoms with Crippen LogP contribution < -0.4 is 10.0 Å². The third-order valence-corrected chi connectivity index (χ3v) is 6.43. The molecule has 1 unspecified atom stereocenters. The molecule has 0 fully saturated rings. The first-order valence-corrected chi connectivity index (χ1v) is 10.6. The SMILES string of the molecule is CCNS(=O)(=O)c1ccc(CNC(=O)N2CCc3ccccc3C2C)cc1. The van der Waals surface area contributed by atoms with E-state index in [9.17, 15) is 13.2 Å². The number of benzene rings is 2. The average Bonchev–Trinajstić information content (AvgIpc) is 2.67. The monoisotopic (exact) mass is 387 g/mol. The van der Waals surface area contributed by atoms with Gasteiger partial charge in [-0.3, -0.25) is 0 Å². The van der Waals surface area contributed by atoms with Crippen molar-refractivity contribution in [2.75, 3.05) is 13.1 Å². The molecule has 2 aromatic rings. The van der Waals surface area contributed by atoms with Crippen LogP contribution in [0.15, 0.2) is 53.4 Å². The van der Waals surface area contributed by atoms with Crippen LogP contribution in [0.25, 0.3) is 0 Å². The molecule has 27 heavy (non-hydrogen) atoms. The number of nitrogens with one attached hydrogen (secondary N) is 2. The van der Waals surface area contributed by atoms with Crippen LogP contribution in [-0.2, 0) is 23.0 Å². The molecular formula is C20H25N3O3S. The van der Waals surface area contributed by atoms with Gasteiger partial charge in [-0.2, -0.15) is 0 Å². The summed E-state index contributed by atoms with van der Waals surface area (Å²) in [6, 6.07) is 14.7. The molecule has 6 nitrogen and oxygen atoms in total. The molecule has 0 bridgehead atoms. The van der Waals surface area contributed by atoms with E-state index in [0.29, 0.717) is 19.6 Å². The molecule has 2 aromatic carbocycles. The van der Waals surface area contributed by atoms with Crippen LogP contribution in [-0.4, -0.2) is 32.4 Å². The van der Waals surface area contributed by atoms with Gasteiger partial charge in [-0.25, -0.2) is 17.9 Å². The van der Waals surface area contributed by atoms with E-state index >= 15 is 0 Å². The Bertz CT molecular complexity index is 910. The minimum atomic E-state index is -3.46. The minimum Gasteiger partial charge on any atom is -0.334 e. The lowest BCUT2D eigenvalue weighted by molar-refractivity contribution is 0.174. The van der Waals surface area contributed by atoms with Crippen LogP contribution in [0, 0.1) is 0 Å². The van der Waals surface area contributed by atoms with Crippen molar-refractivity contribution in [2.45, 2.75) is 37.8 Å². The summed E-state index contributed by atoms with van der Waals surface area (Å²) in [6.45, 7) is 5.16. The number of urea groups is 1. The average molecular weight is 388 g/mol. The van der Waals surface area contributed by atoms with Gasteiger partial charge in [0.1, 0.15) is 0 Å². The topological polar surface area (TPSA) is 78.5 Å². The predicted molar refractivity (Wildman–Crippen MR) is 105 cm³/mol. The van der Waals surface area contributed by atoms with Crippen molar-refractivity contribution in [3.05, 3.63) is 65.2 Å². The van der Waals surface area contributed by atoms with Crippen molar-refractivity contribution < 1.29 is 13.2 Å². The number of hydrogen-bond acceptors (Lipinski definition) is 3. The predicted octanol–water partition coefficient (Wildman–Crippen LogP) is 2.81. The zero-order valence-electron chi connectivity index (χ0n) is 15.6. The van der Waals surface area contributed by atoms with Crippen molar-refractivity contribution in [3.8, 4) is 0 Å². The number of carbonyl (C=O) groups excluding carboxylic acids is 1. The Labute approximate surface area is 160 Å². The molecule has 144 valence electrons. The summed E-state index contributed by atoms with van der Waals surface area (Å²) in [5.74, 6) is 0. The maximum atomic E-state index is 12.6. The molecule has 0 aliphatic carbocycles. The van der Waals surface area contributed by atoms with E-state index in [1.165, 1.54) is 11.1 Å². The third kappa shape index (κ3) is 4.31. The van der Waals surface area contributed by atoms with Gasteiger partial charge in [0.25, 0.3) is 0 Å². The molecule has 1 aliphatic rings. The fraction of sp³-hybridized carbons (Fsp3) is 0.350. The van der Waals surface area contributed by atoms with E-state index in [-0.39, 0.29) is 17.0 Å². The Kier molecular flexibility index (Phi) is 5.82. The summed E-state index contributed by atoms with van der Waals surface area (Å²) < 4.78 is 26.4. The van der Waals surface area contributed by atoms with Crippen LogP contribution in [0.1, 0.15) is 36.6 Å². The lowest BCUT2D eigenvalue weighted by Crippen LogP contribution is -2.44. The normalized spacial score (nSPS) is 16.7. The standard InChI is InChI=1S/C20H25N3O3S/c1-3-22-27(25,26)18-10-8-16(9-11-18)14-21-20(24)23-13-12-17-6-4-5-7-19(17)15(23)2/h4-11,15,22H,3,12-14H2,1-2H3,(H,21,24). The van der Waals surface area contributed by atoms with Gasteiger partial charge < -0.3 is 10.2 Å². The summed E-state index contributed by atoms with van der Waals surface area (Å²) in [5, 5.41) is 2.94. The lowest BCUT2D eigenvalue weighted by atomic mass is 9.94. The lowest BCUT2D eigenvalue weighted by Gasteiger charge is -2.35. The molecule has 0 aromatic heterocycles. The molecular weight excluding hydrogens is 362 g/mol. The fourth-order valence-electron chi connectivity index (χ4n) is 3.39. The summed E-state index contributed by atoms with van der Waals surface area (Å²) in [7, 11) is -3.46. The van der Waals surface area contributed by atoms with Gasteiger partial charge in [-0.1, -0.05) is 43.3 Å². The molecule has 0 spiro atoms. The molecule has 1 heterocycles. The maximum Gasteiger partial charge on any atom is 0.318 e. The van der Waals surface area contributed by atoms with Crippen LogP contribution in [0.4, 0.5) is 4.79 Å². The molecule has 0 radical (unpaired) electrons. The molecule has 3 rings (SSSR count). The van der Waals surface area contributed by atoms with E-state index in [1.54, 1.807) is 31.2 Å². The number of sulfonamides is 1. The van der Waals surface area contributed by atoms with Gasteiger partial charge in [0.05, 0.1) is 10.9 Å². The molecule has 0 saturated carbocycles. The van der Waals surface area contributed by atoms with Crippen LogP contribution in [0.2, 0.25) is 0 Å². The number of rotatable bonds is 5. The van der Waals surface area contributed by atoms with E-state index < -0.39 is 10.0 Å². The van der Waals surface area contributed by atoms with Crippen molar-refractivity contribution >= 4 is 16.1 Å². The first-order valence-electron chi connectivity index (χ1n) is 9.13. The zero-order chi connectivity index (χ0) is 19.4. The highest BCUT2D eigenvalue weighted by atomic mass is 32.2. The first kappa shape index (κ1) is 19.4. The number of hydrogen-bond donors (Lipinski definition) is 2. The van der Waals surface area contributed by atoms with Crippen LogP contribution in [0.5, 0.6) is 0 Å². The second-order valence-electron chi connectivity index (χ2n) is 6.62. The van der Waals surface area contributed by atoms with Gasteiger partial charge in [-0.05, 0) is 42.2 Å². The van der Waals surface area contributed by atoms with Gasteiger partial charge >= 0.3 is 6.03 Å². The van der Waals surface area contributed by atoms with Crippen LogP contribution >= 0.6 is 0 Å². The number of nitrogens with zero attached hydrogens (tertiary/aromatic N) is 1. The first-order chi connectivity index (χ1) is 12.9. The quantitative estimate of drug-likeness (QED) is 0.828. The summed E-state index contributed by atoms with van der Waals surface area (Å²) in [6.07, 6.45) is 0.852. The maximum absolute atomic E-state index is 12.6. The van der Waals surface area contributed by atoms with Gasteiger partial charge in [0.15, 0.2) is 0 Å². The van der Waals surface area contributed by atoms with E-state index in [1.807, 2.05) is 24.0 Å². The van der Waals surface area contributed by atoms with E-state index in [0.717, 1.165) is 12.0 Å². The number of carbonyl (C=O) groups is 1. The number of fused-ring (bicyclic) bond motifs is 1. The Morgan fingerprint density at radius 2 is 1.85 bits per heavy atom. The second kappa shape index (κ2) is 8.10. The molecule has 1 atom stereocenters. The van der Waals surface area contributed by atoms with E-state index in [4.69, 9.17) is 0 Å². The highest BCUT2D eigenvalue weighted by Crippen LogP contribution is 2.29. The fourth-order valence-corrected chi connectivity index (χ4v) is 4.43. The van der Waals surface area contributed by atoms with Gasteiger partial charge in [0.2, 0.25) is 10.0 Å². The number of amides is 2.